The van der Waals surface area contributed by atoms with Crippen molar-refractivity contribution in [2.75, 3.05) is 10.1 Å². The highest BCUT2D eigenvalue weighted by Crippen LogP contribution is 2.21. The molecule has 0 saturated heterocycles. The zero-order valence-corrected chi connectivity index (χ0v) is 14.5. The molecule has 0 aliphatic heterocycles. The summed E-state index contributed by atoms with van der Waals surface area (Å²) in [6, 6.07) is 7.50. The summed E-state index contributed by atoms with van der Waals surface area (Å²) in [7, 11) is -3.56. The van der Waals surface area contributed by atoms with Gasteiger partial charge in [0.25, 0.3) is 0 Å². The molecule has 7 nitrogen and oxygen atoms in total. The maximum absolute atomic E-state index is 12.4. The molecule has 0 saturated carbocycles. The Kier molecular flexibility index (Phi) is 5.18. The van der Waals surface area contributed by atoms with Crippen LogP contribution in [0.4, 0.5) is 5.69 Å². The van der Waals surface area contributed by atoms with E-state index >= 15 is 0 Å². The van der Waals surface area contributed by atoms with Crippen LogP contribution < -0.4 is 4.31 Å². The van der Waals surface area contributed by atoms with Gasteiger partial charge in [0, 0.05) is 11.4 Å². The zero-order chi connectivity index (χ0) is 17.9. The number of sulfonamides is 1. The van der Waals surface area contributed by atoms with Crippen molar-refractivity contribution in [1.82, 2.24) is 9.97 Å². The van der Waals surface area contributed by atoms with E-state index in [9.17, 15) is 13.2 Å². The standard InChI is InChI=1S/C16H19N3O4S/c1-4-24(22,23)19(10-15-17-11(2)9-12(3)18-15)14-7-5-13(6-8-14)16(20)21/h5-9H,4,10H2,1-3H3,(H,20,21). The number of carbonyl (C=O) groups is 1. The highest BCUT2D eigenvalue weighted by Gasteiger charge is 2.22. The number of anilines is 1. The van der Waals surface area contributed by atoms with Gasteiger partial charge in [-0.25, -0.2) is 23.2 Å². The molecular weight excluding hydrogens is 330 g/mol. The lowest BCUT2D eigenvalue weighted by Gasteiger charge is -2.23. The fraction of sp³-hybridized carbons (Fsp3) is 0.312. The molecule has 128 valence electrons. The fourth-order valence-electron chi connectivity index (χ4n) is 2.27. The van der Waals surface area contributed by atoms with Gasteiger partial charge in [0.2, 0.25) is 10.0 Å². The lowest BCUT2D eigenvalue weighted by molar-refractivity contribution is 0.0697. The molecule has 0 unspecified atom stereocenters. The van der Waals surface area contributed by atoms with Crippen molar-refractivity contribution in [2.45, 2.75) is 27.3 Å². The Hall–Kier alpha value is -2.48. The molecule has 1 aromatic carbocycles. The number of aromatic nitrogens is 2. The first-order valence-electron chi connectivity index (χ1n) is 7.38. The van der Waals surface area contributed by atoms with Gasteiger partial charge < -0.3 is 5.11 Å². The quantitative estimate of drug-likeness (QED) is 0.857. The van der Waals surface area contributed by atoms with Crippen molar-refractivity contribution in [1.29, 1.82) is 0 Å². The van der Waals surface area contributed by atoms with Crippen LogP contribution in [-0.4, -0.2) is 35.2 Å². The van der Waals surface area contributed by atoms with E-state index in [0.29, 0.717) is 11.5 Å². The normalized spacial score (nSPS) is 11.3. The van der Waals surface area contributed by atoms with Crippen LogP contribution in [0.1, 0.15) is 34.5 Å². The van der Waals surface area contributed by atoms with Crippen LogP contribution in [0.2, 0.25) is 0 Å². The average molecular weight is 349 g/mol. The molecule has 0 spiro atoms. The minimum atomic E-state index is -3.56. The number of benzene rings is 1. The number of hydrogen-bond acceptors (Lipinski definition) is 5. The lowest BCUT2D eigenvalue weighted by atomic mass is 10.2. The molecule has 0 aliphatic carbocycles. The van der Waals surface area contributed by atoms with E-state index in [0.717, 1.165) is 11.4 Å². The lowest BCUT2D eigenvalue weighted by Crippen LogP contribution is -2.32. The topological polar surface area (TPSA) is 100 Å². The number of carboxylic acid groups (broad SMARTS) is 1. The van der Waals surface area contributed by atoms with E-state index in [1.807, 2.05) is 19.9 Å². The van der Waals surface area contributed by atoms with Gasteiger partial charge in [-0.3, -0.25) is 4.31 Å². The number of aryl methyl sites for hydroxylation is 2. The minimum absolute atomic E-state index is 0.00882. The highest BCUT2D eigenvalue weighted by molar-refractivity contribution is 7.92. The largest absolute Gasteiger partial charge is 0.478 e. The van der Waals surface area contributed by atoms with E-state index in [4.69, 9.17) is 5.11 Å². The predicted molar refractivity (Wildman–Crippen MR) is 90.6 cm³/mol. The van der Waals surface area contributed by atoms with Gasteiger partial charge in [0.05, 0.1) is 23.5 Å². The first kappa shape index (κ1) is 17.9. The van der Waals surface area contributed by atoms with Gasteiger partial charge in [0.1, 0.15) is 5.82 Å². The van der Waals surface area contributed by atoms with E-state index < -0.39 is 16.0 Å². The summed E-state index contributed by atoms with van der Waals surface area (Å²) >= 11 is 0. The van der Waals surface area contributed by atoms with Gasteiger partial charge >= 0.3 is 5.97 Å². The summed E-state index contributed by atoms with van der Waals surface area (Å²) in [5.74, 6) is -0.755. The van der Waals surface area contributed by atoms with Crippen molar-refractivity contribution in [3.05, 3.63) is 53.1 Å². The summed E-state index contributed by atoms with van der Waals surface area (Å²) in [6.07, 6.45) is 0. The van der Waals surface area contributed by atoms with Crippen LogP contribution in [0.5, 0.6) is 0 Å². The van der Waals surface area contributed by atoms with Crippen LogP contribution >= 0.6 is 0 Å². The van der Waals surface area contributed by atoms with Gasteiger partial charge in [-0.2, -0.15) is 0 Å². The second kappa shape index (κ2) is 6.96. The van der Waals surface area contributed by atoms with Crippen molar-refractivity contribution in [3.63, 3.8) is 0 Å². The second-order valence-corrected chi connectivity index (χ2v) is 7.51. The Morgan fingerprint density at radius 3 is 2.12 bits per heavy atom. The Morgan fingerprint density at radius 2 is 1.67 bits per heavy atom. The maximum Gasteiger partial charge on any atom is 0.335 e. The van der Waals surface area contributed by atoms with Crippen molar-refractivity contribution >= 4 is 21.7 Å². The maximum atomic E-state index is 12.4. The van der Waals surface area contributed by atoms with Crippen LogP contribution in [0.15, 0.2) is 30.3 Å². The summed E-state index contributed by atoms with van der Waals surface area (Å²) in [5, 5.41) is 8.96. The van der Waals surface area contributed by atoms with Crippen LogP contribution in [0, 0.1) is 13.8 Å². The molecule has 0 radical (unpaired) electrons. The van der Waals surface area contributed by atoms with Crippen molar-refractivity contribution in [3.8, 4) is 0 Å². The molecule has 2 aromatic rings. The predicted octanol–water partition coefficient (Wildman–Crippen LogP) is 2.15. The molecular formula is C16H19N3O4S. The number of aromatic carboxylic acids is 1. The molecule has 0 bridgehead atoms. The summed E-state index contributed by atoms with van der Waals surface area (Å²) in [6.45, 7) is 5.18. The molecule has 1 aromatic heterocycles. The summed E-state index contributed by atoms with van der Waals surface area (Å²) in [5.41, 5.74) is 1.99. The van der Waals surface area contributed by atoms with E-state index in [2.05, 4.69) is 9.97 Å². The number of nitrogens with zero attached hydrogens (tertiary/aromatic N) is 3. The van der Waals surface area contributed by atoms with Gasteiger partial charge in [-0.15, -0.1) is 0 Å². The SMILES string of the molecule is CCS(=O)(=O)N(Cc1nc(C)cc(C)n1)c1ccc(C(=O)O)cc1. The van der Waals surface area contributed by atoms with Crippen LogP contribution in [0.3, 0.4) is 0 Å². The number of carboxylic acids is 1. The third-order valence-corrected chi connectivity index (χ3v) is 5.16. The molecule has 0 aliphatic rings. The van der Waals surface area contributed by atoms with Crippen LogP contribution in [-0.2, 0) is 16.6 Å². The Morgan fingerprint density at radius 1 is 1.12 bits per heavy atom. The number of rotatable bonds is 6. The van der Waals surface area contributed by atoms with Crippen molar-refractivity contribution < 1.29 is 18.3 Å². The Labute approximate surface area is 141 Å². The first-order valence-corrected chi connectivity index (χ1v) is 8.99. The number of hydrogen-bond donors (Lipinski definition) is 1. The van der Waals surface area contributed by atoms with E-state index in [-0.39, 0.29) is 17.9 Å². The molecule has 0 fully saturated rings. The smallest absolute Gasteiger partial charge is 0.335 e. The van der Waals surface area contributed by atoms with Crippen LogP contribution in [0.25, 0.3) is 0 Å². The summed E-state index contributed by atoms with van der Waals surface area (Å²) in [4.78, 5) is 19.5. The average Bonchev–Trinajstić information content (AvgIpc) is 2.51. The molecule has 0 amide bonds. The summed E-state index contributed by atoms with van der Waals surface area (Å²) < 4.78 is 26.1. The molecule has 2 rings (SSSR count). The van der Waals surface area contributed by atoms with Gasteiger partial charge in [0.15, 0.2) is 0 Å². The van der Waals surface area contributed by atoms with Gasteiger partial charge in [-0.1, -0.05) is 0 Å². The molecule has 0 atom stereocenters. The molecule has 8 heteroatoms. The third kappa shape index (κ3) is 4.08. The fourth-order valence-corrected chi connectivity index (χ4v) is 3.34. The zero-order valence-electron chi connectivity index (χ0n) is 13.7. The Balaban J connectivity index is 2.43. The molecule has 1 N–H and O–H groups in total. The minimum Gasteiger partial charge on any atom is -0.478 e. The monoisotopic (exact) mass is 349 g/mol. The third-order valence-electron chi connectivity index (χ3n) is 3.42. The van der Waals surface area contributed by atoms with E-state index in [1.54, 1.807) is 6.92 Å². The second-order valence-electron chi connectivity index (χ2n) is 5.33. The molecule has 1 heterocycles. The van der Waals surface area contributed by atoms with E-state index in [1.165, 1.54) is 28.6 Å². The first-order chi connectivity index (χ1) is 11.2. The molecule has 24 heavy (non-hydrogen) atoms. The van der Waals surface area contributed by atoms with Gasteiger partial charge in [-0.05, 0) is 51.1 Å². The highest BCUT2D eigenvalue weighted by atomic mass is 32.2. The van der Waals surface area contributed by atoms with Crippen molar-refractivity contribution in [2.24, 2.45) is 0 Å². The Bertz CT molecular complexity index is 828.